The number of methoxy groups -OCH3 is 2. The van der Waals surface area contributed by atoms with Gasteiger partial charge in [-0.3, -0.25) is 4.79 Å². The number of hydrogen-bond donors (Lipinski definition) is 0. The van der Waals surface area contributed by atoms with Crippen LogP contribution < -0.4 is 15.0 Å². The van der Waals surface area contributed by atoms with Crippen molar-refractivity contribution >= 4 is 29.7 Å². The van der Waals surface area contributed by atoms with Crippen molar-refractivity contribution in [3.63, 3.8) is 0 Å². The Labute approximate surface area is 154 Å². The Hall–Kier alpha value is -2.27. The van der Waals surface area contributed by atoms with Crippen molar-refractivity contribution in [2.45, 2.75) is 31.6 Å². The van der Waals surface area contributed by atoms with Gasteiger partial charge >= 0.3 is 0 Å². The van der Waals surface area contributed by atoms with E-state index in [4.69, 9.17) is 9.47 Å². The maximum atomic E-state index is 13.0. The molecule has 0 spiro atoms. The van der Waals surface area contributed by atoms with Gasteiger partial charge in [-0.05, 0) is 47.9 Å². The summed E-state index contributed by atoms with van der Waals surface area (Å²) in [5, 5.41) is 2.73. The number of aryl methyl sites for hydroxylation is 2. The van der Waals surface area contributed by atoms with Crippen LogP contribution in [0.1, 0.15) is 11.1 Å². The molecule has 1 aliphatic rings. The summed E-state index contributed by atoms with van der Waals surface area (Å²) in [7, 11) is 3.91. The van der Waals surface area contributed by atoms with Gasteiger partial charge in [-0.1, -0.05) is 19.1 Å². The van der Waals surface area contributed by atoms with Crippen LogP contribution in [0.2, 0.25) is 19.1 Å². The third kappa shape index (κ3) is 2.53. The van der Waals surface area contributed by atoms with Gasteiger partial charge < -0.3 is 14.0 Å². The highest BCUT2D eigenvalue weighted by atomic mass is 28.3. The molecule has 2 aromatic carbocycles. The molecule has 0 unspecified atom stereocenters. The van der Waals surface area contributed by atoms with Gasteiger partial charge in [0.25, 0.3) is 5.56 Å². The van der Waals surface area contributed by atoms with Crippen molar-refractivity contribution in [2.24, 2.45) is 7.05 Å². The van der Waals surface area contributed by atoms with Crippen LogP contribution in [-0.2, 0) is 19.5 Å². The van der Waals surface area contributed by atoms with E-state index in [0.717, 1.165) is 22.7 Å². The molecule has 0 bridgehead atoms. The summed E-state index contributed by atoms with van der Waals surface area (Å²) < 4.78 is 12.6. The highest BCUT2D eigenvalue weighted by Gasteiger charge is 2.28. The third-order valence-corrected chi connectivity index (χ3v) is 8.71. The van der Waals surface area contributed by atoms with Crippen LogP contribution in [0.5, 0.6) is 11.5 Å². The lowest BCUT2D eigenvalue weighted by Crippen LogP contribution is -2.33. The van der Waals surface area contributed by atoms with E-state index in [0.29, 0.717) is 16.9 Å². The van der Waals surface area contributed by atoms with E-state index in [-0.39, 0.29) is 5.56 Å². The first-order valence-electron chi connectivity index (χ1n) is 9.05. The number of hydrogen-bond acceptors (Lipinski definition) is 3. The van der Waals surface area contributed by atoms with Gasteiger partial charge in [0.05, 0.1) is 33.2 Å². The molecule has 0 saturated heterocycles. The van der Waals surface area contributed by atoms with Crippen molar-refractivity contribution in [1.82, 2.24) is 4.57 Å². The van der Waals surface area contributed by atoms with Crippen molar-refractivity contribution in [3.8, 4) is 11.5 Å². The standard InChI is InChI=1S/C21H25NO3Si/c1-22-18-9-13-6-7-26(4,5)12-14(13)8-16(18)15-10-19(24-2)20(25-3)11-17(15)21(22)23/h8-11H,6-7,12H2,1-5H3. The average molecular weight is 368 g/mol. The second-order valence-electron chi connectivity index (χ2n) is 8.10. The zero-order valence-corrected chi connectivity index (χ0v) is 17.1. The second kappa shape index (κ2) is 5.88. The quantitative estimate of drug-likeness (QED) is 0.507. The largest absolute Gasteiger partial charge is 0.493 e. The molecule has 0 amide bonds. The third-order valence-electron chi connectivity index (χ3n) is 5.77. The normalized spacial score (nSPS) is 15.9. The van der Waals surface area contributed by atoms with Crippen LogP contribution in [0.3, 0.4) is 0 Å². The van der Waals surface area contributed by atoms with Gasteiger partial charge in [0, 0.05) is 17.8 Å². The van der Waals surface area contributed by atoms with Gasteiger partial charge in [0.2, 0.25) is 0 Å². The van der Waals surface area contributed by atoms with Gasteiger partial charge in [-0.25, -0.2) is 0 Å². The topological polar surface area (TPSA) is 40.5 Å². The van der Waals surface area contributed by atoms with E-state index >= 15 is 0 Å². The molecular formula is C21H25NO3Si. The molecule has 0 saturated carbocycles. The van der Waals surface area contributed by atoms with Crippen LogP contribution in [-0.4, -0.2) is 26.9 Å². The molecule has 0 radical (unpaired) electrons. The minimum absolute atomic E-state index is 0.00100. The first kappa shape index (κ1) is 17.2. The van der Waals surface area contributed by atoms with Gasteiger partial charge in [0.1, 0.15) is 0 Å². The number of ether oxygens (including phenoxy) is 2. The Kier molecular flexibility index (Phi) is 3.88. The number of benzene rings is 2. The zero-order valence-electron chi connectivity index (χ0n) is 16.1. The Bertz CT molecular complexity index is 1100. The predicted octanol–water partition coefficient (Wildman–Crippen LogP) is 4.06. The molecule has 0 aliphatic carbocycles. The molecule has 2 heterocycles. The summed E-state index contributed by atoms with van der Waals surface area (Å²) in [6.07, 6.45) is 1.13. The smallest absolute Gasteiger partial charge is 0.258 e. The molecule has 4 nitrogen and oxygen atoms in total. The number of pyridine rings is 1. The summed E-state index contributed by atoms with van der Waals surface area (Å²) in [6.45, 7) is 4.93. The first-order valence-corrected chi connectivity index (χ1v) is 12.5. The van der Waals surface area contributed by atoms with Crippen molar-refractivity contribution < 1.29 is 9.47 Å². The number of aromatic nitrogens is 1. The summed E-state index contributed by atoms with van der Waals surface area (Å²) in [5.41, 5.74) is 3.85. The van der Waals surface area contributed by atoms with Crippen molar-refractivity contribution in [2.75, 3.05) is 14.2 Å². The van der Waals surface area contributed by atoms with E-state index in [1.54, 1.807) is 24.9 Å². The number of nitrogens with zero attached hydrogens (tertiary/aromatic N) is 1. The molecular weight excluding hydrogens is 342 g/mol. The fourth-order valence-electron chi connectivity index (χ4n) is 4.21. The molecule has 3 aromatic rings. The zero-order chi connectivity index (χ0) is 18.6. The summed E-state index contributed by atoms with van der Waals surface area (Å²) in [4.78, 5) is 13.0. The second-order valence-corrected chi connectivity index (χ2v) is 13.3. The van der Waals surface area contributed by atoms with Crippen molar-refractivity contribution in [1.29, 1.82) is 0 Å². The molecule has 1 aliphatic heterocycles. The van der Waals surface area contributed by atoms with Gasteiger partial charge in [-0.15, -0.1) is 0 Å². The van der Waals surface area contributed by atoms with Crippen LogP contribution >= 0.6 is 0 Å². The molecule has 0 N–H and O–H groups in total. The Balaban J connectivity index is 2.12. The van der Waals surface area contributed by atoms with Crippen molar-refractivity contribution in [3.05, 3.63) is 45.7 Å². The molecule has 26 heavy (non-hydrogen) atoms. The minimum Gasteiger partial charge on any atom is -0.493 e. The van der Waals surface area contributed by atoms with Gasteiger partial charge in [0.15, 0.2) is 11.5 Å². The maximum absolute atomic E-state index is 13.0. The summed E-state index contributed by atoms with van der Waals surface area (Å²) in [5.74, 6) is 1.24. The molecule has 5 heteroatoms. The molecule has 0 fully saturated rings. The Morgan fingerprint density at radius 3 is 2.23 bits per heavy atom. The Morgan fingerprint density at radius 1 is 0.923 bits per heavy atom. The van der Waals surface area contributed by atoms with E-state index in [1.165, 1.54) is 23.2 Å². The predicted molar refractivity (Wildman–Crippen MR) is 109 cm³/mol. The Morgan fingerprint density at radius 2 is 1.58 bits per heavy atom. The fraction of sp³-hybridized carbons (Fsp3) is 0.381. The lowest BCUT2D eigenvalue weighted by molar-refractivity contribution is 0.356. The van der Waals surface area contributed by atoms with E-state index in [1.807, 2.05) is 13.1 Å². The van der Waals surface area contributed by atoms with E-state index in [9.17, 15) is 4.79 Å². The highest BCUT2D eigenvalue weighted by Crippen LogP contribution is 2.37. The van der Waals surface area contributed by atoms with Crippen LogP contribution in [0.15, 0.2) is 29.1 Å². The van der Waals surface area contributed by atoms with E-state index < -0.39 is 8.07 Å². The fourth-order valence-corrected chi connectivity index (χ4v) is 6.70. The summed E-state index contributed by atoms with van der Waals surface area (Å²) >= 11 is 0. The highest BCUT2D eigenvalue weighted by molar-refractivity contribution is 6.77. The number of rotatable bonds is 2. The minimum atomic E-state index is -1.17. The molecule has 4 rings (SSSR count). The molecule has 0 atom stereocenters. The van der Waals surface area contributed by atoms with Crippen LogP contribution in [0.4, 0.5) is 0 Å². The van der Waals surface area contributed by atoms with Crippen LogP contribution in [0, 0.1) is 0 Å². The summed E-state index contributed by atoms with van der Waals surface area (Å²) in [6, 6.07) is 10.8. The lowest BCUT2D eigenvalue weighted by atomic mass is 9.98. The van der Waals surface area contributed by atoms with Gasteiger partial charge in [-0.2, -0.15) is 0 Å². The molecule has 136 valence electrons. The lowest BCUT2D eigenvalue weighted by Gasteiger charge is -2.30. The average Bonchev–Trinajstić information content (AvgIpc) is 2.63. The van der Waals surface area contributed by atoms with Crippen LogP contribution in [0.25, 0.3) is 21.7 Å². The van der Waals surface area contributed by atoms with E-state index in [2.05, 4.69) is 25.2 Å². The monoisotopic (exact) mass is 367 g/mol. The first-order chi connectivity index (χ1) is 12.3. The molecule has 1 aromatic heterocycles. The number of fused-ring (bicyclic) bond motifs is 4. The maximum Gasteiger partial charge on any atom is 0.258 e. The SMILES string of the molecule is COc1cc2c(=O)n(C)c3cc4c(cc3c2cc1OC)C[Si](C)(C)CC4.